The number of ether oxygens (including phenoxy) is 1. The van der Waals surface area contributed by atoms with Crippen molar-refractivity contribution in [3.05, 3.63) is 52.7 Å². The second-order valence-corrected chi connectivity index (χ2v) is 4.26. The monoisotopic (exact) mass is 276 g/mol. The van der Waals surface area contributed by atoms with Crippen LogP contribution in [0.1, 0.15) is 15.9 Å². The molecular weight excluding hydrogens is 264 g/mol. The van der Waals surface area contributed by atoms with Crippen LogP contribution in [0.15, 0.2) is 36.5 Å². The molecule has 5 heteroatoms. The van der Waals surface area contributed by atoms with Gasteiger partial charge in [-0.3, -0.25) is 4.79 Å². The zero-order valence-corrected chi connectivity index (χ0v) is 11.1. The smallest absolute Gasteiger partial charge is 0.151 e. The van der Waals surface area contributed by atoms with Crippen molar-refractivity contribution in [2.75, 3.05) is 12.4 Å². The number of halogens is 1. The minimum atomic E-state index is 0.339. The van der Waals surface area contributed by atoms with Crippen LogP contribution in [-0.2, 0) is 6.54 Å². The van der Waals surface area contributed by atoms with Crippen LogP contribution in [0.3, 0.4) is 0 Å². The molecule has 0 aliphatic heterocycles. The van der Waals surface area contributed by atoms with Crippen LogP contribution in [-0.4, -0.2) is 18.4 Å². The molecule has 1 heterocycles. The third kappa shape index (κ3) is 3.23. The number of methoxy groups -OCH3 is 1. The molecule has 1 aromatic heterocycles. The molecule has 0 aliphatic carbocycles. The van der Waals surface area contributed by atoms with Gasteiger partial charge in [-0.05, 0) is 23.8 Å². The second kappa shape index (κ2) is 6.20. The maximum absolute atomic E-state index is 10.8. The lowest BCUT2D eigenvalue weighted by Gasteiger charge is -2.09. The largest absolute Gasteiger partial charge is 0.497 e. The van der Waals surface area contributed by atoms with Crippen LogP contribution in [0.2, 0.25) is 5.02 Å². The molecule has 2 aromatic rings. The standard InChI is InChI=1S/C14H13ClN2O2/c1-19-12-4-2-10(3-5-12)8-17-14-13(15)11(9-18)6-7-16-14/h2-7,9H,8H2,1H3,(H,16,17). The number of nitrogens with one attached hydrogen (secondary N) is 1. The molecule has 0 radical (unpaired) electrons. The molecule has 1 aromatic carbocycles. The van der Waals surface area contributed by atoms with Gasteiger partial charge in [0.05, 0.1) is 12.1 Å². The van der Waals surface area contributed by atoms with Gasteiger partial charge in [-0.15, -0.1) is 0 Å². The Morgan fingerprint density at radius 2 is 2.05 bits per heavy atom. The van der Waals surface area contributed by atoms with Gasteiger partial charge in [-0.1, -0.05) is 23.7 Å². The number of anilines is 1. The maximum atomic E-state index is 10.8. The van der Waals surface area contributed by atoms with Crippen molar-refractivity contribution in [2.45, 2.75) is 6.54 Å². The van der Waals surface area contributed by atoms with Crippen molar-refractivity contribution in [1.29, 1.82) is 0 Å². The molecule has 0 spiro atoms. The third-order valence-corrected chi connectivity index (χ3v) is 3.06. The zero-order valence-electron chi connectivity index (χ0n) is 10.4. The van der Waals surface area contributed by atoms with Crippen molar-refractivity contribution in [1.82, 2.24) is 4.98 Å². The lowest BCUT2D eigenvalue weighted by Crippen LogP contribution is -2.03. The molecule has 4 nitrogen and oxygen atoms in total. The summed E-state index contributed by atoms with van der Waals surface area (Å²) in [5, 5.41) is 3.44. The fraction of sp³-hybridized carbons (Fsp3) is 0.143. The van der Waals surface area contributed by atoms with E-state index in [4.69, 9.17) is 16.3 Å². The summed E-state index contributed by atoms with van der Waals surface area (Å²) >= 11 is 6.05. The molecule has 0 bridgehead atoms. The molecule has 0 amide bonds. The van der Waals surface area contributed by atoms with Gasteiger partial charge in [0.15, 0.2) is 6.29 Å². The minimum Gasteiger partial charge on any atom is -0.497 e. The Morgan fingerprint density at radius 1 is 1.32 bits per heavy atom. The Bertz CT molecular complexity index is 570. The Balaban J connectivity index is 2.07. The molecule has 0 saturated carbocycles. The molecule has 0 fully saturated rings. The van der Waals surface area contributed by atoms with Crippen molar-refractivity contribution in [3.8, 4) is 5.75 Å². The maximum Gasteiger partial charge on any atom is 0.151 e. The van der Waals surface area contributed by atoms with Gasteiger partial charge < -0.3 is 10.1 Å². The average molecular weight is 277 g/mol. The number of carbonyl (C=O) groups is 1. The lowest BCUT2D eigenvalue weighted by molar-refractivity contribution is 0.112. The van der Waals surface area contributed by atoms with Crippen LogP contribution in [0.5, 0.6) is 5.75 Å². The number of rotatable bonds is 5. The molecule has 98 valence electrons. The van der Waals surface area contributed by atoms with Gasteiger partial charge in [0.1, 0.15) is 11.6 Å². The van der Waals surface area contributed by atoms with E-state index < -0.39 is 0 Å². The number of aldehydes is 1. The number of hydrogen-bond acceptors (Lipinski definition) is 4. The lowest BCUT2D eigenvalue weighted by atomic mass is 10.2. The summed E-state index contributed by atoms with van der Waals surface area (Å²) in [6.45, 7) is 0.568. The van der Waals surface area contributed by atoms with Gasteiger partial charge >= 0.3 is 0 Å². The summed E-state index contributed by atoms with van der Waals surface area (Å²) < 4.78 is 5.09. The highest BCUT2D eigenvalue weighted by molar-refractivity contribution is 6.35. The molecule has 19 heavy (non-hydrogen) atoms. The SMILES string of the molecule is COc1ccc(CNc2nccc(C=O)c2Cl)cc1. The number of hydrogen-bond donors (Lipinski definition) is 1. The fourth-order valence-corrected chi connectivity index (χ4v) is 1.83. The predicted molar refractivity (Wildman–Crippen MR) is 75.0 cm³/mol. The summed E-state index contributed by atoms with van der Waals surface area (Å²) in [6, 6.07) is 9.24. The number of nitrogens with zero attached hydrogens (tertiary/aromatic N) is 1. The van der Waals surface area contributed by atoms with Crippen LogP contribution < -0.4 is 10.1 Å². The Hall–Kier alpha value is -2.07. The number of carbonyl (C=O) groups excluding carboxylic acids is 1. The van der Waals surface area contributed by atoms with E-state index in [1.165, 1.54) is 0 Å². The van der Waals surface area contributed by atoms with Crippen molar-refractivity contribution in [3.63, 3.8) is 0 Å². The van der Waals surface area contributed by atoms with E-state index in [0.717, 1.165) is 11.3 Å². The Labute approximate surface area is 116 Å². The summed E-state index contributed by atoms with van der Waals surface area (Å²) in [5.41, 5.74) is 1.49. The van der Waals surface area contributed by atoms with Gasteiger partial charge in [0.2, 0.25) is 0 Å². The highest BCUT2D eigenvalue weighted by Crippen LogP contribution is 2.22. The minimum absolute atomic E-state index is 0.339. The van der Waals surface area contributed by atoms with Gasteiger partial charge in [-0.2, -0.15) is 0 Å². The predicted octanol–water partition coefficient (Wildman–Crippen LogP) is 3.17. The molecule has 0 aliphatic rings. The number of aromatic nitrogens is 1. The topological polar surface area (TPSA) is 51.2 Å². The van der Waals surface area contributed by atoms with Gasteiger partial charge in [0, 0.05) is 18.3 Å². The third-order valence-electron chi connectivity index (χ3n) is 2.67. The molecule has 0 unspecified atom stereocenters. The second-order valence-electron chi connectivity index (χ2n) is 3.88. The van der Waals surface area contributed by atoms with E-state index in [-0.39, 0.29) is 0 Å². The van der Waals surface area contributed by atoms with Crippen molar-refractivity contribution < 1.29 is 9.53 Å². The van der Waals surface area contributed by atoms with Crippen molar-refractivity contribution in [2.24, 2.45) is 0 Å². The van der Waals surface area contributed by atoms with E-state index in [9.17, 15) is 4.79 Å². The first kappa shape index (κ1) is 13.4. The highest BCUT2D eigenvalue weighted by Gasteiger charge is 2.06. The molecular formula is C14H13ClN2O2. The van der Waals surface area contributed by atoms with Crippen LogP contribution in [0.25, 0.3) is 0 Å². The first-order valence-electron chi connectivity index (χ1n) is 5.71. The molecule has 0 saturated heterocycles. The van der Waals surface area contributed by atoms with E-state index in [2.05, 4.69) is 10.3 Å². The first-order valence-corrected chi connectivity index (χ1v) is 6.09. The summed E-state index contributed by atoms with van der Waals surface area (Å²) in [6.07, 6.45) is 2.26. The first-order chi connectivity index (χ1) is 9.24. The van der Waals surface area contributed by atoms with Crippen LogP contribution in [0.4, 0.5) is 5.82 Å². The molecule has 2 rings (SSSR count). The fourth-order valence-electron chi connectivity index (χ4n) is 1.60. The summed E-state index contributed by atoms with van der Waals surface area (Å²) in [7, 11) is 1.63. The number of benzene rings is 1. The van der Waals surface area contributed by atoms with E-state index in [0.29, 0.717) is 29.2 Å². The summed E-state index contributed by atoms with van der Waals surface area (Å²) in [5.74, 6) is 1.31. The van der Waals surface area contributed by atoms with E-state index in [1.54, 1.807) is 19.4 Å². The average Bonchev–Trinajstić information content (AvgIpc) is 2.47. The highest BCUT2D eigenvalue weighted by atomic mass is 35.5. The van der Waals surface area contributed by atoms with Crippen molar-refractivity contribution >= 4 is 23.7 Å². The summed E-state index contributed by atoms with van der Waals surface area (Å²) in [4.78, 5) is 14.9. The van der Waals surface area contributed by atoms with Gasteiger partial charge in [0.25, 0.3) is 0 Å². The molecule has 0 atom stereocenters. The van der Waals surface area contributed by atoms with E-state index >= 15 is 0 Å². The van der Waals surface area contributed by atoms with Crippen LogP contribution in [0, 0.1) is 0 Å². The Morgan fingerprint density at radius 3 is 2.68 bits per heavy atom. The number of pyridine rings is 1. The van der Waals surface area contributed by atoms with Gasteiger partial charge in [-0.25, -0.2) is 4.98 Å². The normalized spacial score (nSPS) is 10.0. The van der Waals surface area contributed by atoms with Crippen LogP contribution >= 0.6 is 11.6 Å². The van der Waals surface area contributed by atoms with E-state index in [1.807, 2.05) is 24.3 Å². The Kier molecular flexibility index (Phi) is 4.36. The quantitative estimate of drug-likeness (QED) is 0.852. The zero-order chi connectivity index (χ0) is 13.7. The molecule has 1 N–H and O–H groups in total.